The zero-order valence-corrected chi connectivity index (χ0v) is 8.78. The van der Waals surface area contributed by atoms with Gasteiger partial charge >= 0.3 is 0 Å². The molecule has 1 heterocycles. The summed E-state index contributed by atoms with van der Waals surface area (Å²) in [5.41, 5.74) is 0.687. The van der Waals surface area contributed by atoms with Crippen LogP contribution >= 0.6 is 0 Å². The molecule has 0 spiro atoms. The van der Waals surface area contributed by atoms with Gasteiger partial charge in [-0.15, -0.1) is 0 Å². The second-order valence-corrected chi connectivity index (χ2v) is 2.69. The summed E-state index contributed by atoms with van der Waals surface area (Å²) in [5, 5.41) is 8.58. The number of aromatic nitrogens is 1. The van der Waals surface area contributed by atoms with Gasteiger partial charge in [0.05, 0.1) is 26.4 Å². The fraction of sp³-hybridized carbons (Fsp3) is 0.364. The summed E-state index contributed by atoms with van der Waals surface area (Å²) in [6.07, 6.45) is 0.440. The minimum Gasteiger partial charge on any atom is -0.481 e. The fourth-order valence-corrected chi connectivity index (χ4v) is 1.00. The molecule has 4 nitrogen and oxygen atoms in total. The highest BCUT2D eigenvalue weighted by Crippen LogP contribution is 2.18. The number of rotatable bonds is 3. The van der Waals surface area contributed by atoms with Crippen LogP contribution in [0.2, 0.25) is 0 Å². The number of aliphatic hydroxyl groups is 1. The maximum absolute atomic E-state index is 8.58. The van der Waals surface area contributed by atoms with Crippen LogP contribution in [0.4, 0.5) is 0 Å². The van der Waals surface area contributed by atoms with Crippen molar-refractivity contribution >= 4 is 0 Å². The normalized spacial score (nSPS) is 9.00. The van der Waals surface area contributed by atoms with E-state index in [9.17, 15) is 0 Å². The molecule has 0 amide bonds. The number of hydrogen-bond donors (Lipinski definition) is 1. The van der Waals surface area contributed by atoms with Gasteiger partial charge in [0.2, 0.25) is 11.8 Å². The van der Waals surface area contributed by atoms with Crippen LogP contribution in [0.25, 0.3) is 0 Å². The minimum absolute atomic E-state index is 0.0545. The third kappa shape index (κ3) is 3.15. The molecule has 1 rings (SSSR count). The highest BCUT2D eigenvalue weighted by Gasteiger charge is 2.03. The van der Waals surface area contributed by atoms with Crippen molar-refractivity contribution in [1.82, 2.24) is 4.98 Å². The largest absolute Gasteiger partial charge is 0.481 e. The van der Waals surface area contributed by atoms with Gasteiger partial charge in [-0.25, -0.2) is 0 Å². The van der Waals surface area contributed by atoms with Gasteiger partial charge in [0, 0.05) is 12.5 Å². The molecule has 4 heteroatoms. The first-order valence-corrected chi connectivity index (χ1v) is 4.50. The maximum atomic E-state index is 8.58. The number of pyridine rings is 1. The van der Waals surface area contributed by atoms with E-state index in [0.29, 0.717) is 23.7 Å². The molecule has 0 fully saturated rings. The molecule has 1 aromatic heterocycles. The fourth-order valence-electron chi connectivity index (χ4n) is 1.00. The Kier molecular flexibility index (Phi) is 4.45. The summed E-state index contributed by atoms with van der Waals surface area (Å²) in [5.74, 6) is 6.58. The molecule has 0 saturated carbocycles. The van der Waals surface area contributed by atoms with Gasteiger partial charge in [-0.3, -0.25) is 0 Å². The van der Waals surface area contributed by atoms with Gasteiger partial charge < -0.3 is 14.6 Å². The third-order valence-electron chi connectivity index (χ3n) is 1.70. The van der Waals surface area contributed by atoms with Crippen molar-refractivity contribution in [1.29, 1.82) is 0 Å². The van der Waals surface area contributed by atoms with Crippen molar-refractivity contribution in [3.8, 4) is 23.6 Å². The molecule has 0 aliphatic rings. The van der Waals surface area contributed by atoms with E-state index in [1.54, 1.807) is 19.2 Å². The first-order valence-electron chi connectivity index (χ1n) is 4.50. The highest BCUT2D eigenvalue weighted by molar-refractivity contribution is 5.43. The average Bonchev–Trinajstić information content (AvgIpc) is 2.29. The Morgan fingerprint density at radius 3 is 2.73 bits per heavy atom. The smallest absolute Gasteiger partial charge is 0.232 e. The number of hydrogen-bond acceptors (Lipinski definition) is 4. The molecule has 1 N–H and O–H groups in total. The first kappa shape index (κ1) is 11.3. The third-order valence-corrected chi connectivity index (χ3v) is 1.70. The van der Waals surface area contributed by atoms with Crippen molar-refractivity contribution < 1.29 is 14.6 Å². The summed E-state index contributed by atoms with van der Waals surface area (Å²) < 4.78 is 10.0. The lowest BCUT2D eigenvalue weighted by atomic mass is 10.2. The Morgan fingerprint density at radius 2 is 2.13 bits per heavy atom. The van der Waals surface area contributed by atoms with Crippen molar-refractivity contribution in [2.75, 3.05) is 20.8 Å². The van der Waals surface area contributed by atoms with Gasteiger partial charge in [0.25, 0.3) is 0 Å². The van der Waals surface area contributed by atoms with Crippen molar-refractivity contribution in [2.45, 2.75) is 6.42 Å². The summed E-state index contributed by atoms with van der Waals surface area (Å²) in [6, 6.07) is 3.49. The van der Waals surface area contributed by atoms with E-state index in [0.717, 1.165) is 0 Å². The average molecular weight is 207 g/mol. The predicted molar refractivity (Wildman–Crippen MR) is 55.9 cm³/mol. The lowest BCUT2D eigenvalue weighted by Gasteiger charge is -2.04. The zero-order valence-electron chi connectivity index (χ0n) is 8.78. The van der Waals surface area contributed by atoms with Gasteiger partial charge in [-0.1, -0.05) is 11.8 Å². The highest BCUT2D eigenvalue weighted by atomic mass is 16.5. The van der Waals surface area contributed by atoms with E-state index in [1.165, 1.54) is 7.11 Å². The van der Waals surface area contributed by atoms with E-state index in [-0.39, 0.29) is 6.61 Å². The molecule has 0 radical (unpaired) electrons. The first-order chi connectivity index (χ1) is 7.31. The van der Waals surface area contributed by atoms with Crippen LogP contribution in [-0.2, 0) is 0 Å². The Balaban J connectivity index is 2.93. The quantitative estimate of drug-likeness (QED) is 0.746. The van der Waals surface area contributed by atoms with E-state index in [2.05, 4.69) is 16.8 Å². The lowest BCUT2D eigenvalue weighted by molar-refractivity contribution is 0.305. The summed E-state index contributed by atoms with van der Waals surface area (Å²) in [7, 11) is 3.07. The molecule has 0 unspecified atom stereocenters. The number of aliphatic hydroxyl groups excluding tert-OH is 1. The molecule has 0 atom stereocenters. The van der Waals surface area contributed by atoms with Crippen LogP contribution in [0.15, 0.2) is 12.1 Å². The molecule has 15 heavy (non-hydrogen) atoms. The summed E-state index contributed by atoms with van der Waals surface area (Å²) in [6.45, 7) is 0.0545. The van der Waals surface area contributed by atoms with Crippen molar-refractivity contribution in [3.63, 3.8) is 0 Å². The van der Waals surface area contributed by atoms with Gasteiger partial charge in [-0.2, -0.15) is 4.98 Å². The molecule has 1 aromatic rings. The van der Waals surface area contributed by atoms with E-state index < -0.39 is 0 Å². The Labute approximate surface area is 88.9 Å². The molecule has 0 saturated heterocycles. The molecule has 0 aromatic carbocycles. The van der Waals surface area contributed by atoms with Crippen LogP contribution in [0.1, 0.15) is 12.0 Å². The monoisotopic (exact) mass is 207 g/mol. The lowest BCUT2D eigenvalue weighted by Crippen LogP contribution is -1.94. The van der Waals surface area contributed by atoms with E-state index in [4.69, 9.17) is 14.6 Å². The minimum atomic E-state index is 0.0545. The second kappa shape index (κ2) is 5.89. The topological polar surface area (TPSA) is 51.6 Å². The number of nitrogens with zero attached hydrogens (tertiary/aromatic N) is 1. The number of methoxy groups -OCH3 is 2. The molecular weight excluding hydrogens is 194 g/mol. The SMILES string of the molecule is COc1ccc(C#CCCO)c(OC)n1. The van der Waals surface area contributed by atoms with Crippen LogP contribution in [0.5, 0.6) is 11.8 Å². The standard InChI is InChI=1S/C11H13NO3/c1-14-10-7-6-9(5-3-4-8-13)11(12-10)15-2/h6-7,13H,4,8H2,1-2H3. The van der Waals surface area contributed by atoms with Gasteiger partial charge in [0.1, 0.15) is 0 Å². The zero-order chi connectivity index (χ0) is 11.1. The molecule has 80 valence electrons. The summed E-state index contributed by atoms with van der Waals surface area (Å²) in [4.78, 5) is 4.08. The molecule has 0 aliphatic heterocycles. The predicted octanol–water partition coefficient (Wildman–Crippen LogP) is 0.833. The van der Waals surface area contributed by atoms with Gasteiger partial charge in [0.15, 0.2) is 0 Å². The molecule has 0 aliphatic carbocycles. The van der Waals surface area contributed by atoms with Crippen molar-refractivity contribution in [3.05, 3.63) is 17.7 Å². The van der Waals surface area contributed by atoms with Crippen LogP contribution in [0.3, 0.4) is 0 Å². The Bertz CT molecular complexity index is 379. The summed E-state index contributed by atoms with van der Waals surface area (Å²) >= 11 is 0. The maximum Gasteiger partial charge on any atom is 0.232 e. The second-order valence-electron chi connectivity index (χ2n) is 2.69. The van der Waals surface area contributed by atoms with Crippen LogP contribution in [0, 0.1) is 11.8 Å². The van der Waals surface area contributed by atoms with E-state index in [1.807, 2.05) is 0 Å². The van der Waals surface area contributed by atoms with Gasteiger partial charge in [-0.05, 0) is 6.07 Å². The number of ether oxygens (including phenoxy) is 2. The van der Waals surface area contributed by atoms with Crippen LogP contribution < -0.4 is 9.47 Å². The van der Waals surface area contributed by atoms with Crippen LogP contribution in [-0.4, -0.2) is 30.9 Å². The Hall–Kier alpha value is -1.73. The van der Waals surface area contributed by atoms with E-state index >= 15 is 0 Å². The molecular formula is C11H13NO3. The molecule has 0 bridgehead atoms. The van der Waals surface area contributed by atoms with Crippen molar-refractivity contribution in [2.24, 2.45) is 0 Å². The Morgan fingerprint density at radius 1 is 1.33 bits per heavy atom.